The molecule has 0 radical (unpaired) electrons. The number of fused-ring (bicyclic) bond motifs is 1. The van der Waals surface area contributed by atoms with Crippen LogP contribution in [0.15, 0.2) is 54.9 Å². The highest BCUT2D eigenvalue weighted by Gasteiger charge is 2.15. The maximum absolute atomic E-state index is 14.8. The number of pyridine rings is 1. The van der Waals surface area contributed by atoms with Gasteiger partial charge in [-0.05, 0) is 41.5 Å². The summed E-state index contributed by atoms with van der Waals surface area (Å²) in [7, 11) is 1.47. The number of H-pyrrole nitrogens is 1. The lowest BCUT2D eigenvalue weighted by Gasteiger charge is -2.14. The molecule has 2 heterocycles. The first-order valence-corrected chi connectivity index (χ1v) is 10.3. The van der Waals surface area contributed by atoms with Crippen molar-refractivity contribution in [2.24, 2.45) is 0 Å². The van der Waals surface area contributed by atoms with Gasteiger partial charge in [0.05, 0.1) is 7.11 Å². The fourth-order valence-electron chi connectivity index (χ4n) is 3.14. The lowest BCUT2D eigenvalue weighted by atomic mass is 10.0. The van der Waals surface area contributed by atoms with Crippen molar-refractivity contribution in [1.29, 1.82) is 0 Å². The molecule has 0 unspecified atom stereocenters. The average molecular weight is 445 g/mol. The van der Waals surface area contributed by atoms with Crippen LogP contribution in [0.2, 0.25) is 5.02 Å². The molecule has 0 spiro atoms. The molecule has 162 valence electrons. The third kappa shape index (κ3) is 5.14. The summed E-state index contributed by atoms with van der Waals surface area (Å²) in [6, 6.07) is 10.9. The van der Waals surface area contributed by atoms with Gasteiger partial charge in [0, 0.05) is 40.9 Å². The number of aromatic amines is 1. The van der Waals surface area contributed by atoms with Crippen LogP contribution in [-0.4, -0.2) is 17.1 Å². The lowest BCUT2D eigenvalue weighted by Crippen LogP contribution is -2.02. The van der Waals surface area contributed by atoms with E-state index in [0.29, 0.717) is 28.3 Å². The Morgan fingerprint density at radius 2 is 1.74 bits per heavy atom. The summed E-state index contributed by atoms with van der Waals surface area (Å²) >= 11 is 5.76. The van der Waals surface area contributed by atoms with Crippen molar-refractivity contribution in [2.45, 2.75) is 26.9 Å². The summed E-state index contributed by atoms with van der Waals surface area (Å²) in [5.41, 5.74) is 2.44. The summed E-state index contributed by atoms with van der Waals surface area (Å²) in [6.07, 6.45) is 3.87. The minimum Gasteiger partial charge on any atom is -0.493 e. The number of hydrogen-bond acceptors (Lipinski definition) is 3. The first-order valence-electron chi connectivity index (χ1n) is 9.89. The number of nitrogens with zero attached hydrogens (tertiary/aromatic N) is 1. The van der Waals surface area contributed by atoms with Crippen LogP contribution in [0.1, 0.15) is 30.5 Å². The van der Waals surface area contributed by atoms with E-state index in [-0.39, 0.29) is 12.4 Å². The fraction of sp³-hybridized carbons (Fsp3) is 0.208. The highest BCUT2D eigenvalue weighted by atomic mass is 35.5. The predicted molar refractivity (Wildman–Crippen MR) is 119 cm³/mol. The Morgan fingerprint density at radius 1 is 0.968 bits per heavy atom. The number of methoxy groups -OCH3 is 1. The molecule has 0 bridgehead atoms. The number of aromatic nitrogens is 2. The third-order valence-electron chi connectivity index (χ3n) is 4.65. The van der Waals surface area contributed by atoms with Gasteiger partial charge in [-0.2, -0.15) is 0 Å². The number of rotatable bonds is 6. The summed E-state index contributed by atoms with van der Waals surface area (Å²) < 4.78 is 39.7. The third-order valence-corrected chi connectivity index (χ3v) is 4.88. The van der Waals surface area contributed by atoms with Gasteiger partial charge in [-0.1, -0.05) is 31.5 Å². The van der Waals surface area contributed by atoms with Gasteiger partial charge in [-0.15, -0.1) is 0 Å². The average Bonchev–Trinajstić information content (AvgIpc) is 3.19. The molecule has 4 nitrogen and oxygen atoms in total. The Balaban J connectivity index is 0.00000132. The number of benzene rings is 2. The van der Waals surface area contributed by atoms with Gasteiger partial charge >= 0.3 is 0 Å². The quantitative estimate of drug-likeness (QED) is 0.360. The molecule has 0 aliphatic heterocycles. The van der Waals surface area contributed by atoms with Crippen molar-refractivity contribution in [3.8, 4) is 11.5 Å². The van der Waals surface area contributed by atoms with Gasteiger partial charge in [0.2, 0.25) is 0 Å². The molecular weight excluding hydrogens is 422 g/mol. The monoisotopic (exact) mass is 444 g/mol. The van der Waals surface area contributed by atoms with E-state index in [9.17, 15) is 8.78 Å². The molecule has 0 aliphatic rings. The smallest absolute Gasteiger partial charge is 0.164 e. The van der Waals surface area contributed by atoms with Crippen molar-refractivity contribution in [1.82, 2.24) is 9.97 Å². The minimum absolute atomic E-state index is 0.0771. The van der Waals surface area contributed by atoms with E-state index in [1.807, 2.05) is 32.2 Å². The molecule has 0 fully saturated rings. The minimum atomic E-state index is -0.485. The Bertz CT molecular complexity index is 1180. The van der Waals surface area contributed by atoms with E-state index < -0.39 is 11.6 Å². The largest absolute Gasteiger partial charge is 0.493 e. The van der Waals surface area contributed by atoms with Gasteiger partial charge in [0.15, 0.2) is 11.5 Å². The molecule has 7 heteroatoms. The summed E-state index contributed by atoms with van der Waals surface area (Å²) in [5, 5.41) is 1.23. The predicted octanol–water partition coefficient (Wildman–Crippen LogP) is 6.70. The molecule has 1 N–H and O–H groups in total. The van der Waals surface area contributed by atoms with E-state index in [1.165, 1.54) is 25.3 Å². The Kier molecular flexibility index (Phi) is 7.47. The Hall–Kier alpha value is -3.12. The maximum Gasteiger partial charge on any atom is 0.164 e. The van der Waals surface area contributed by atoms with Crippen molar-refractivity contribution in [3.63, 3.8) is 0 Å². The van der Waals surface area contributed by atoms with E-state index in [0.717, 1.165) is 16.6 Å². The molecule has 0 saturated carbocycles. The van der Waals surface area contributed by atoms with Crippen LogP contribution in [0.5, 0.6) is 11.5 Å². The molecular formula is C24H23ClF2N2O2. The zero-order valence-corrected chi connectivity index (χ0v) is 18.3. The lowest BCUT2D eigenvalue weighted by molar-refractivity contribution is 0.278. The second kappa shape index (κ2) is 10.3. The van der Waals surface area contributed by atoms with Gasteiger partial charge in [-0.3, -0.25) is 0 Å². The van der Waals surface area contributed by atoms with Crippen LogP contribution in [0.25, 0.3) is 11.0 Å². The summed E-state index contributed by atoms with van der Waals surface area (Å²) in [6.45, 7) is 3.92. The van der Waals surface area contributed by atoms with Crippen LogP contribution < -0.4 is 9.47 Å². The normalized spacial score (nSPS) is 10.5. The highest BCUT2D eigenvalue weighted by Crippen LogP contribution is 2.33. The maximum atomic E-state index is 14.8. The second-order valence-corrected chi connectivity index (χ2v) is 6.95. The molecule has 31 heavy (non-hydrogen) atoms. The second-order valence-electron chi connectivity index (χ2n) is 6.51. The standard InChI is InChI=1S/C22H17ClF2N2O2.C2H6/c1-28-20-8-14(7-15-11-27-22-17(15)3-2-6-26-22)19(25)10-21(20)29-12-13-4-5-16(23)9-18(13)24;1-2/h2-6,8-11H,7,12H2,1H3,(H,26,27);1-2H3. The molecule has 2 aromatic carbocycles. The zero-order chi connectivity index (χ0) is 22.4. The molecule has 0 saturated heterocycles. The Morgan fingerprint density at radius 3 is 2.48 bits per heavy atom. The van der Waals surface area contributed by atoms with Crippen molar-refractivity contribution in [3.05, 3.63) is 88.2 Å². The fourth-order valence-corrected chi connectivity index (χ4v) is 3.30. The molecule has 4 aromatic rings. The van der Waals surface area contributed by atoms with Crippen LogP contribution in [0, 0.1) is 11.6 Å². The zero-order valence-electron chi connectivity index (χ0n) is 17.5. The number of ether oxygens (including phenoxy) is 2. The number of halogens is 3. The number of hydrogen-bond donors (Lipinski definition) is 1. The number of nitrogens with one attached hydrogen (secondary N) is 1. The first kappa shape index (κ1) is 22.6. The highest BCUT2D eigenvalue weighted by molar-refractivity contribution is 6.30. The van der Waals surface area contributed by atoms with Crippen molar-refractivity contribution >= 4 is 22.6 Å². The van der Waals surface area contributed by atoms with Gasteiger partial charge < -0.3 is 14.5 Å². The van der Waals surface area contributed by atoms with Gasteiger partial charge in [0.25, 0.3) is 0 Å². The molecule has 0 atom stereocenters. The van der Waals surface area contributed by atoms with Crippen LogP contribution >= 0.6 is 11.6 Å². The van der Waals surface area contributed by atoms with Gasteiger partial charge in [0.1, 0.15) is 23.9 Å². The van der Waals surface area contributed by atoms with Crippen molar-refractivity contribution in [2.75, 3.05) is 7.11 Å². The summed E-state index contributed by atoms with van der Waals surface area (Å²) in [5.74, 6) is -0.352. The molecule has 0 aliphatic carbocycles. The topological polar surface area (TPSA) is 47.1 Å². The molecule has 4 rings (SSSR count). The Labute approximate surface area is 184 Å². The van der Waals surface area contributed by atoms with Gasteiger partial charge in [-0.25, -0.2) is 13.8 Å². The first-order chi connectivity index (χ1) is 15.0. The van der Waals surface area contributed by atoms with E-state index in [2.05, 4.69) is 9.97 Å². The van der Waals surface area contributed by atoms with Crippen LogP contribution in [0.3, 0.4) is 0 Å². The van der Waals surface area contributed by atoms with E-state index >= 15 is 0 Å². The molecule has 2 aromatic heterocycles. The van der Waals surface area contributed by atoms with Crippen molar-refractivity contribution < 1.29 is 18.3 Å². The van der Waals surface area contributed by atoms with E-state index in [1.54, 1.807) is 18.3 Å². The SMILES string of the molecule is CC.COc1cc(Cc2c[nH]c3ncccc23)c(F)cc1OCc1ccc(Cl)cc1F. The molecule has 0 amide bonds. The van der Waals surface area contributed by atoms with E-state index in [4.69, 9.17) is 21.1 Å². The van der Waals surface area contributed by atoms with Crippen LogP contribution in [0.4, 0.5) is 8.78 Å². The van der Waals surface area contributed by atoms with Crippen LogP contribution in [-0.2, 0) is 13.0 Å². The summed E-state index contributed by atoms with van der Waals surface area (Å²) in [4.78, 5) is 7.33.